The number of rotatable bonds is 14. The van der Waals surface area contributed by atoms with Crippen LogP contribution >= 0.6 is 17.1 Å². The summed E-state index contributed by atoms with van der Waals surface area (Å²) in [6.07, 6.45) is 12.1. The number of hydrogen-bond acceptors (Lipinski definition) is 4. The second-order valence-electron chi connectivity index (χ2n) is 4.94. The molecular formula is C14H30CuO2PS2. The smallest absolute Gasteiger partial charge is 0.793 e. The van der Waals surface area contributed by atoms with Crippen LogP contribution in [0, 0.1) is 0 Å². The Kier molecular flexibility index (Phi) is 19.9. The molecule has 0 aromatic rings. The van der Waals surface area contributed by atoms with Crippen molar-refractivity contribution in [2.45, 2.75) is 78.1 Å². The molecule has 20 heavy (non-hydrogen) atoms. The van der Waals surface area contributed by atoms with Gasteiger partial charge >= 0.3 is 17.1 Å². The first-order chi connectivity index (χ1) is 9.12. The van der Waals surface area contributed by atoms with Gasteiger partial charge in [-0.15, -0.1) is 11.4 Å². The van der Waals surface area contributed by atoms with E-state index in [1.165, 1.54) is 56.3 Å². The number of hydrogen-bond donors (Lipinski definition) is 0. The summed E-state index contributed by atoms with van der Waals surface area (Å²) >= 11 is 6.39. The Bertz CT molecular complexity index is 223. The zero-order valence-electron chi connectivity index (χ0n) is 12.9. The minimum absolute atomic E-state index is 0. The fourth-order valence-electron chi connectivity index (χ4n) is 1.80. The molecule has 1 atom stereocenters. The normalized spacial score (nSPS) is 13.8. The van der Waals surface area contributed by atoms with Crippen LogP contribution in [0.5, 0.6) is 0 Å². The molecular weight excluding hydrogens is 359 g/mol. The molecule has 0 aromatic carbocycles. The van der Waals surface area contributed by atoms with Gasteiger partial charge in [-0.05, 0) is 18.6 Å². The minimum atomic E-state index is -2.80. The summed E-state index contributed by atoms with van der Waals surface area (Å²) < 4.78 is 5.37. The van der Waals surface area contributed by atoms with E-state index in [-0.39, 0.29) is 17.1 Å². The van der Waals surface area contributed by atoms with E-state index in [1.54, 1.807) is 0 Å². The maximum absolute atomic E-state index is 11.9. The first-order valence-electron chi connectivity index (χ1n) is 7.72. The van der Waals surface area contributed by atoms with E-state index >= 15 is 0 Å². The van der Waals surface area contributed by atoms with E-state index in [4.69, 9.17) is 16.3 Å². The largest absolute Gasteiger partial charge is 1.00 e. The second-order valence-corrected chi connectivity index (χ2v) is 11.1. The molecule has 0 saturated carbocycles. The van der Waals surface area contributed by atoms with E-state index in [9.17, 15) is 4.89 Å². The summed E-state index contributed by atoms with van der Waals surface area (Å²) in [4.78, 5) is 11.9. The second kappa shape index (κ2) is 16.8. The Morgan fingerprint density at radius 2 is 1.40 bits per heavy atom. The molecule has 0 saturated heterocycles. The summed E-state index contributed by atoms with van der Waals surface area (Å²) in [5, 5.41) is 0. The first kappa shape index (κ1) is 23.7. The molecule has 0 aromatic heterocycles. The average molecular weight is 389 g/mol. The Balaban J connectivity index is 0. The average Bonchev–Trinajstić information content (AvgIpc) is 2.38. The minimum Gasteiger partial charge on any atom is -0.793 e. The van der Waals surface area contributed by atoms with E-state index in [2.05, 4.69) is 13.8 Å². The van der Waals surface area contributed by atoms with Crippen molar-refractivity contribution in [1.29, 1.82) is 0 Å². The molecule has 0 bridgehead atoms. The summed E-state index contributed by atoms with van der Waals surface area (Å²) in [6.45, 7) is 4.97. The van der Waals surface area contributed by atoms with Gasteiger partial charge in [0.25, 0.3) is 0 Å². The van der Waals surface area contributed by atoms with Gasteiger partial charge in [-0.1, -0.05) is 77.0 Å². The van der Waals surface area contributed by atoms with Gasteiger partial charge in [0.1, 0.15) is 0 Å². The Morgan fingerprint density at radius 1 is 0.900 bits per heavy atom. The molecule has 0 fully saturated rings. The maximum atomic E-state index is 11.9. The molecule has 1 unspecified atom stereocenters. The molecule has 2 nitrogen and oxygen atoms in total. The third kappa shape index (κ3) is 17.5. The van der Waals surface area contributed by atoms with Crippen molar-refractivity contribution in [2.75, 3.05) is 12.4 Å². The molecule has 0 amide bonds. The van der Waals surface area contributed by atoms with Crippen LogP contribution in [0.1, 0.15) is 78.1 Å². The Labute approximate surface area is 145 Å². The topological polar surface area (TPSA) is 32.3 Å². The van der Waals surface area contributed by atoms with Crippen molar-refractivity contribution in [2.24, 2.45) is 0 Å². The summed E-state index contributed by atoms with van der Waals surface area (Å²) in [5.74, 6) is 0.875. The molecule has 0 aliphatic carbocycles. The van der Waals surface area contributed by atoms with Crippen molar-refractivity contribution in [3.05, 3.63) is 0 Å². The molecule has 126 valence electrons. The van der Waals surface area contributed by atoms with Gasteiger partial charge in [-0.25, -0.2) is 0 Å². The monoisotopic (exact) mass is 388 g/mol. The molecule has 0 aliphatic heterocycles. The van der Waals surface area contributed by atoms with E-state index < -0.39 is 5.69 Å². The van der Waals surface area contributed by atoms with Gasteiger partial charge in [-0.2, -0.15) is 0 Å². The summed E-state index contributed by atoms with van der Waals surface area (Å²) in [6, 6.07) is 0. The quantitative estimate of drug-likeness (QED) is 0.231. The Morgan fingerprint density at radius 3 is 1.95 bits per heavy atom. The van der Waals surface area contributed by atoms with Gasteiger partial charge in [0, 0.05) is 5.69 Å². The van der Waals surface area contributed by atoms with Crippen molar-refractivity contribution in [1.82, 2.24) is 0 Å². The van der Waals surface area contributed by atoms with Crippen LogP contribution in [0.25, 0.3) is 0 Å². The SMILES string of the molecule is CCCCCCCOP([O-])(=S)SCCCCCCC.[Cu+]. The van der Waals surface area contributed by atoms with Crippen molar-refractivity contribution < 1.29 is 26.5 Å². The maximum Gasteiger partial charge on any atom is 1.00 e. The van der Waals surface area contributed by atoms with E-state index in [0.717, 1.165) is 25.0 Å². The van der Waals surface area contributed by atoms with Crippen LogP contribution < -0.4 is 4.89 Å². The standard InChI is InChI=1S/C14H31O2PS2.Cu/c1-3-5-7-9-11-13-16-17(15,18)19-14-12-10-8-6-4-2;/h3-14H2,1-2H3,(H,15,18);/q;+1/p-1. The predicted octanol–water partition coefficient (Wildman–Crippen LogP) is 5.26. The third-order valence-electron chi connectivity index (χ3n) is 2.99. The fourth-order valence-corrected chi connectivity index (χ4v) is 5.19. The zero-order valence-corrected chi connectivity index (χ0v) is 16.3. The predicted molar refractivity (Wildman–Crippen MR) is 90.2 cm³/mol. The van der Waals surface area contributed by atoms with Crippen LogP contribution in [-0.2, 0) is 33.4 Å². The van der Waals surface area contributed by atoms with Crippen LogP contribution in [-0.4, -0.2) is 12.4 Å². The number of unbranched alkanes of at least 4 members (excludes halogenated alkanes) is 8. The van der Waals surface area contributed by atoms with Gasteiger partial charge in [-0.3, -0.25) is 0 Å². The van der Waals surface area contributed by atoms with Crippen LogP contribution in [0.2, 0.25) is 0 Å². The molecule has 0 N–H and O–H groups in total. The summed E-state index contributed by atoms with van der Waals surface area (Å²) in [7, 11) is 0. The third-order valence-corrected chi connectivity index (χ3v) is 7.36. The van der Waals surface area contributed by atoms with Crippen LogP contribution in [0.4, 0.5) is 0 Å². The summed E-state index contributed by atoms with van der Waals surface area (Å²) in [5.41, 5.74) is -2.80. The molecule has 0 radical (unpaired) electrons. The van der Waals surface area contributed by atoms with Gasteiger partial charge in [0.05, 0.1) is 6.61 Å². The van der Waals surface area contributed by atoms with Crippen molar-refractivity contribution in [3.8, 4) is 0 Å². The molecule has 0 heterocycles. The van der Waals surface area contributed by atoms with E-state index in [1.807, 2.05) is 0 Å². The first-order valence-corrected chi connectivity index (χ1v) is 12.0. The van der Waals surface area contributed by atoms with Gasteiger partial charge in [0.15, 0.2) is 0 Å². The zero-order chi connectivity index (χ0) is 14.4. The van der Waals surface area contributed by atoms with Crippen LogP contribution in [0.15, 0.2) is 0 Å². The molecule has 6 heteroatoms. The van der Waals surface area contributed by atoms with Gasteiger partial charge < -0.3 is 9.42 Å². The van der Waals surface area contributed by atoms with Gasteiger partial charge in [0.2, 0.25) is 0 Å². The Hall–Kier alpha value is 1.44. The van der Waals surface area contributed by atoms with Crippen molar-refractivity contribution >= 4 is 28.9 Å². The molecule has 0 spiro atoms. The van der Waals surface area contributed by atoms with Crippen molar-refractivity contribution in [3.63, 3.8) is 0 Å². The molecule has 0 rings (SSSR count). The fraction of sp³-hybridized carbons (Fsp3) is 1.00. The van der Waals surface area contributed by atoms with E-state index in [0.29, 0.717) is 6.61 Å². The molecule has 0 aliphatic rings. The van der Waals surface area contributed by atoms with Crippen LogP contribution in [0.3, 0.4) is 0 Å².